The quantitative estimate of drug-likeness (QED) is 0.500. The summed E-state index contributed by atoms with van der Waals surface area (Å²) in [5, 5.41) is 4.75. The number of benzene rings is 2. The largest absolute Gasteiger partial charge is 0.485 e. The second kappa shape index (κ2) is 7.96. The smallest absolute Gasteiger partial charge is 0.284 e. The number of carbonyl (C=O) groups is 1. The lowest BCUT2D eigenvalue weighted by Gasteiger charge is -2.24. The number of ether oxygens (including phenoxy) is 2. The first-order valence-electron chi connectivity index (χ1n) is 8.37. The van der Waals surface area contributed by atoms with E-state index in [0.717, 1.165) is 0 Å². The number of rotatable bonds is 4. The number of amides is 1. The number of nitrogens with zero attached hydrogens (tertiary/aromatic N) is 1. The van der Waals surface area contributed by atoms with Crippen LogP contribution in [0.5, 0.6) is 11.5 Å². The SMILES string of the molecule is O=C(N/N=C\c1ccc(-c2cccc(Cl)c2Cl)o1)[C@@H]1COc2ccccc2O1. The molecule has 0 fully saturated rings. The van der Waals surface area contributed by atoms with Gasteiger partial charge >= 0.3 is 0 Å². The predicted octanol–water partition coefficient (Wildman–Crippen LogP) is 4.54. The van der Waals surface area contributed by atoms with E-state index in [1.165, 1.54) is 6.21 Å². The first kappa shape index (κ1) is 18.4. The van der Waals surface area contributed by atoms with Crippen LogP contribution in [0.3, 0.4) is 0 Å². The summed E-state index contributed by atoms with van der Waals surface area (Å²) in [4.78, 5) is 12.2. The third-order valence-electron chi connectivity index (χ3n) is 4.01. The molecule has 2 heterocycles. The zero-order chi connectivity index (χ0) is 19.5. The van der Waals surface area contributed by atoms with Crippen molar-refractivity contribution in [3.05, 3.63) is 70.4 Å². The van der Waals surface area contributed by atoms with Gasteiger partial charge in [-0.05, 0) is 36.4 Å². The van der Waals surface area contributed by atoms with E-state index in [2.05, 4.69) is 10.5 Å². The number of halogens is 2. The molecule has 1 aliphatic heterocycles. The van der Waals surface area contributed by atoms with Gasteiger partial charge in [0.05, 0.1) is 16.3 Å². The fourth-order valence-corrected chi connectivity index (χ4v) is 3.03. The molecule has 1 aromatic heterocycles. The van der Waals surface area contributed by atoms with Gasteiger partial charge in [0, 0.05) is 5.56 Å². The minimum absolute atomic E-state index is 0.108. The number of nitrogens with one attached hydrogen (secondary N) is 1. The maximum Gasteiger partial charge on any atom is 0.284 e. The summed E-state index contributed by atoms with van der Waals surface area (Å²) in [5.41, 5.74) is 3.09. The van der Waals surface area contributed by atoms with Crippen LogP contribution in [0.2, 0.25) is 10.0 Å². The Kier molecular flexibility index (Phi) is 5.23. The van der Waals surface area contributed by atoms with Gasteiger partial charge in [0.2, 0.25) is 6.10 Å². The van der Waals surface area contributed by atoms with Crippen LogP contribution < -0.4 is 14.9 Å². The lowest BCUT2D eigenvalue weighted by molar-refractivity contribution is -0.130. The van der Waals surface area contributed by atoms with E-state index in [9.17, 15) is 4.79 Å². The van der Waals surface area contributed by atoms with Crippen LogP contribution in [-0.4, -0.2) is 24.8 Å². The van der Waals surface area contributed by atoms with Crippen molar-refractivity contribution >= 4 is 35.3 Å². The minimum atomic E-state index is -0.788. The molecule has 1 N–H and O–H groups in total. The summed E-state index contributed by atoms with van der Waals surface area (Å²) in [6.07, 6.45) is 0.599. The minimum Gasteiger partial charge on any atom is -0.485 e. The van der Waals surface area contributed by atoms with E-state index in [4.69, 9.17) is 37.1 Å². The summed E-state index contributed by atoms with van der Waals surface area (Å²) >= 11 is 12.2. The predicted molar refractivity (Wildman–Crippen MR) is 106 cm³/mol. The average Bonchev–Trinajstić information content (AvgIpc) is 3.18. The lowest BCUT2D eigenvalue weighted by Crippen LogP contribution is -2.42. The van der Waals surface area contributed by atoms with Crippen molar-refractivity contribution in [2.45, 2.75) is 6.10 Å². The molecule has 0 saturated carbocycles. The molecule has 8 heteroatoms. The van der Waals surface area contributed by atoms with Gasteiger partial charge in [-0.15, -0.1) is 0 Å². The fraction of sp³-hybridized carbons (Fsp3) is 0.100. The molecule has 1 aliphatic rings. The van der Waals surface area contributed by atoms with Crippen LogP contribution >= 0.6 is 23.2 Å². The summed E-state index contributed by atoms with van der Waals surface area (Å²) < 4.78 is 16.8. The van der Waals surface area contributed by atoms with Gasteiger partial charge < -0.3 is 13.9 Å². The number of furan rings is 1. The van der Waals surface area contributed by atoms with Gasteiger partial charge in [-0.2, -0.15) is 5.10 Å². The summed E-state index contributed by atoms with van der Waals surface area (Å²) in [7, 11) is 0. The molecule has 1 amide bonds. The van der Waals surface area contributed by atoms with Crippen LogP contribution in [0.1, 0.15) is 5.76 Å². The van der Waals surface area contributed by atoms with Gasteiger partial charge in [0.25, 0.3) is 5.91 Å². The van der Waals surface area contributed by atoms with Crippen molar-refractivity contribution in [3.8, 4) is 22.8 Å². The number of fused-ring (bicyclic) bond motifs is 1. The molecule has 4 rings (SSSR count). The highest BCUT2D eigenvalue weighted by molar-refractivity contribution is 6.43. The molecule has 3 aromatic rings. The third kappa shape index (κ3) is 3.83. The van der Waals surface area contributed by atoms with Crippen molar-refractivity contribution in [2.75, 3.05) is 6.61 Å². The van der Waals surface area contributed by atoms with Crippen molar-refractivity contribution in [1.29, 1.82) is 0 Å². The van der Waals surface area contributed by atoms with E-state index in [-0.39, 0.29) is 6.61 Å². The van der Waals surface area contributed by atoms with Gasteiger partial charge in [-0.25, -0.2) is 5.43 Å². The van der Waals surface area contributed by atoms with Crippen molar-refractivity contribution in [3.63, 3.8) is 0 Å². The second-order valence-corrected chi connectivity index (χ2v) is 6.69. The topological polar surface area (TPSA) is 73.1 Å². The molecule has 142 valence electrons. The molecule has 0 spiro atoms. The Morgan fingerprint density at radius 1 is 1.07 bits per heavy atom. The molecule has 0 bridgehead atoms. The third-order valence-corrected chi connectivity index (χ3v) is 4.83. The van der Waals surface area contributed by atoms with Crippen molar-refractivity contribution in [1.82, 2.24) is 5.43 Å². The Hall–Kier alpha value is -2.96. The van der Waals surface area contributed by atoms with E-state index in [1.807, 2.05) is 6.07 Å². The van der Waals surface area contributed by atoms with E-state index < -0.39 is 12.0 Å². The summed E-state index contributed by atoms with van der Waals surface area (Å²) in [6.45, 7) is 0.108. The molecular weight excluding hydrogens is 403 g/mol. The first-order valence-corrected chi connectivity index (χ1v) is 9.13. The fourth-order valence-electron chi connectivity index (χ4n) is 2.64. The molecular formula is C20H14Cl2N2O4. The average molecular weight is 417 g/mol. The van der Waals surface area contributed by atoms with Gasteiger partial charge in [0.1, 0.15) is 18.1 Å². The molecule has 0 unspecified atom stereocenters. The normalized spacial score (nSPS) is 15.6. The van der Waals surface area contributed by atoms with E-state index in [1.54, 1.807) is 48.5 Å². The maximum absolute atomic E-state index is 12.2. The second-order valence-electron chi connectivity index (χ2n) is 5.90. The van der Waals surface area contributed by atoms with Crippen LogP contribution in [0.25, 0.3) is 11.3 Å². The Balaban J connectivity index is 1.39. The monoisotopic (exact) mass is 416 g/mol. The number of carbonyl (C=O) groups excluding carboxylic acids is 1. The van der Waals surface area contributed by atoms with Crippen LogP contribution in [-0.2, 0) is 4.79 Å². The zero-order valence-corrected chi connectivity index (χ0v) is 15.9. The first-order chi connectivity index (χ1) is 13.6. The van der Waals surface area contributed by atoms with Crippen LogP contribution in [0.15, 0.2) is 64.1 Å². The highest BCUT2D eigenvalue weighted by Crippen LogP contribution is 2.34. The number of hydrogen-bond donors (Lipinski definition) is 1. The van der Waals surface area contributed by atoms with Crippen LogP contribution in [0.4, 0.5) is 0 Å². The van der Waals surface area contributed by atoms with E-state index in [0.29, 0.717) is 38.6 Å². The highest BCUT2D eigenvalue weighted by Gasteiger charge is 2.27. The summed E-state index contributed by atoms with van der Waals surface area (Å²) in [5.74, 6) is 1.69. The zero-order valence-electron chi connectivity index (χ0n) is 14.4. The standard InChI is InChI=1S/C20H14Cl2N2O4/c21-14-5-3-4-13(19(14)22)15-9-8-12(27-15)10-23-24-20(25)18-11-26-16-6-1-2-7-17(16)28-18/h1-10,18H,11H2,(H,24,25)/b23-10-/t18-/m0/s1. The number of hydrazone groups is 1. The van der Waals surface area contributed by atoms with Gasteiger partial charge in [0.15, 0.2) is 11.5 Å². The Labute approximate surface area is 170 Å². The van der Waals surface area contributed by atoms with E-state index >= 15 is 0 Å². The number of para-hydroxylation sites is 2. The van der Waals surface area contributed by atoms with Crippen molar-refractivity contribution < 1.29 is 18.7 Å². The Morgan fingerprint density at radius 3 is 2.75 bits per heavy atom. The molecule has 0 saturated heterocycles. The highest BCUT2D eigenvalue weighted by atomic mass is 35.5. The molecule has 2 aromatic carbocycles. The summed E-state index contributed by atoms with van der Waals surface area (Å²) in [6, 6.07) is 15.9. The van der Waals surface area contributed by atoms with Crippen molar-refractivity contribution in [2.24, 2.45) is 5.10 Å². The van der Waals surface area contributed by atoms with Crippen LogP contribution in [0, 0.1) is 0 Å². The molecule has 1 atom stereocenters. The lowest BCUT2D eigenvalue weighted by atomic mass is 10.2. The molecule has 0 radical (unpaired) electrons. The number of hydrogen-bond acceptors (Lipinski definition) is 5. The Bertz CT molecular complexity index is 1050. The van der Waals surface area contributed by atoms with Gasteiger partial charge in [-0.1, -0.05) is 41.4 Å². The van der Waals surface area contributed by atoms with Gasteiger partial charge in [-0.3, -0.25) is 4.79 Å². The molecule has 28 heavy (non-hydrogen) atoms. The maximum atomic E-state index is 12.2. The molecule has 6 nitrogen and oxygen atoms in total. The molecule has 0 aliphatic carbocycles. The Morgan fingerprint density at radius 2 is 1.89 bits per heavy atom.